The fraction of sp³-hybridized carbons (Fsp3) is 0.303. The van der Waals surface area contributed by atoms with Crippen molar-refractivity contribution in [2.75, 3.05) is 23.8 Å². The highest BCUT2D eigenvalue weighted by atomic mass is 32.1. The maximum Gasteiger partial charge on any atom is 0.257 e. The number of rotatable bonds is 15. The summed E-state index contributed by atoms with van der Waals surface area (Å²) in [5, 5.41) is 8.21. The lowest BCUT2D eigenvalue weighted by atomic mass is 10.1. The van der Waals surface area contributed by atoms with Gasteiger partial charge in [0.1, 0.15) is 11.5 Å². The molecule has 41 heavy (non-hydrogen) atoms. The molecule has 1 heterocycles. The predicted octanol–water partition coefficient (Wildman–Crippen LogP) is 8.45. The third-order valence-electron chi connectivity index (χ3n) is 6.39. The number of carbonyl (C=O) groups is 2. The maximum absolute atomic E-state index is 12.8. The summed E-state index contributed by atoms with van der Waals surface area (Å²) in [6, 6.07) is 21.9. The second-order valence-electron chi connectivity index (χ2n) is 9.69. The Labute approximate surface area is 245 Å². The van der Waals surface area contributed by atoms with E-state index in [4.69, 9.17) is 9.47 Å². The van der Waals surface area contributed by atoms with E-state index in [2.05, 4.69) is 29.5 Å². The zero-order valence-corrected chi connectivity index (χ0v) is 24.5. The van der Waals surface area contributed by atoms with E-state index in [9.17, 15) is 9.59 Å². The van der Waals surface area contributed by atoms with Crippen LogP contribution in [0.1, 0.15) is 73.1 Å². The minimum atomic E-state index is -0.238. The van der Waals surface area contributed by atoms with Gasteiger partial charge in [-0.15, -0.1) is 11.3 Å². The molecule has 0 aliphatic carbocycles. The third-order valence-corrected chi connectivity index (χ3v) is 7.15. The number of unbranched alkanes of at least 4 members (excludes halogenated alkanes) is 4. The third kappa shape index (κ3) is 9.18. The largest absolute Gasteiger partial charge is 0.494 e. The fourth-order valence-electron chi connectivity index (χ4n) is 4.10. The number of carbonyl (C=O) groups excluding carboxylic acids is 2. The van der Waals surface area contributed by atoms with Crippen LogP contribution in [0.15, 0.2) is 78.2 Å². The Morgan fingerprint density at radius 1 is 0.732 bits per heavy atom. The Bertz CT molecular complexity index is 1420. The molecule has 3 aromatic carbocycles. The molecule has 214 valence electrons. The van der Waals surface area contributed by atoms with Gasteiger partial charge in [0.25, 0.3) is 11.8 Å². The average Bonchev–Trinajstić information content (AvgIpc) is 3.46. The van der Waals surface area contributed by atoms with Crippen LogP contribution >= 0.6 is 11.3 Å². The van der Waals surface area contributed by atoms with Crippen LogP contribution in [0.3, 0.4) is 0 Å². The van der Waals surface area contributed by atoms with Gasteiger partial charge in [0.15, 0.2) is 5.13 Å². The quantitative estimate of drug-likeness (QED) is 0.140. The van der Waals surface area contributed by atoms with E-state index in [-0.39, 0.29) is 11.8 Å². The Hall–Kier alpha value is -4.17. The topological polar surface area (TPSA) is 89.6 Å². The highest BCUT2D eigenvalue weighted by Crippen LogP contribution is 2.27. The zero-order chi connectivity index (χ0) is 28.9. The maximum atomic E-state index is 12.8. The van der Waals surface area contributed by atoms with Gasteiger partial charge in [-0.2, -0.15) is 0 Å². The average molecular weight is 572 g/mol. The number of hydrogen-bond acceptors (Lipinski definition) is 6. The van der Waals surface area contributed by atoms with Crippen LogP contribution in [-0.2, 0) is 0 Å². The number of amides is 2. The number of benzene rings is 3. The molecule has 2 amide bonds. The number of hydrogen-bond donors (Lipinski definition) is 2. The van der Waals surface area contributed by atoms with E-state index in [1.807, 2.05) is 53.9 Å². The standard InChI is InChI=1S/C33H37N3O4S/c1-3-5-7-19-39-28-13-9-11-25(21-28)31(37)34-27-17-15-24(16-18-27)30-23-41-33(35-30)36-32(38)26-12-10-14-29(22-26)40-20-8-6-4-2/h9-18,21-23H,3-8,19-20H2,1-2H3,(H,34,37)(H,35,36,38). The van der Waals surface area contributed by atoms with E-state index in [1.165, 1.54) is 11.3 Å². The molecular formula is C33H37N3O4S. The van der Waals surface area contributed by atoms with Gasteiger partial charge in [0, 0.05) is 27.8 Å². The van der Waals surface area contributed by atoms with Crippen LogP contribution in [0.2, 0.25) is 0 Å². The molecule has 8 heteroatoms. The molecule has 0 aliphatic heterocycles. The monoisotopic (exact) mass is 571 g/mol. The first-order chi connectivity index (χ1) is 20.1. The molecule has 1 aromatic heterocycles. The van der Waals surface area contributed by atoms with Crippen molar-refractivity contribution in [1.29, 1.82) is 0 Å². The highest BCUT2D eigenvalue weighted by molar-refractivity contribution is 7.14. The molecular weight excluding hydrogens is 534 g/mol. The number of nitrogens with one attached hydrogen (secondary N) is 2. The number of thiazole rings is 1. The van der Waals surface area contributed by atoms with Gasteiger partial charge in [-0.05, 0) is 61.4 Å². The molecule has 0 saturated heterocycles. The second-order valence-corrected chi connectivity index (χ2v) is 10.5. The summed E-state index contributed by atoms with van der Waals surface area (Å²) in [6.45, 7) is 5.58. The van der Waals surface area contributed by atoms with Crippen molar-refractivity contribution < 1.29 is 19.1 Å². The van der Waals surface area contributed by atoms with Crippen LogP contribution in [0.25, 0.3) is 11.3 Å². The molecule has 4 rings (SSSR count). The van der Waals surface area contributed by atoms with Crippen LogP contribution < -0.4 is 20.1 Å². The van der Waals surface area contributed by atoms with Crippen LogP contribution in [0.4, 0.5) is 10.8 Å². The summed E-state index contributed by atoms with van der Waals surface area (Å²) in [4.78, 5) is 30.2. The normalized spacial score (nSPS) is 10.7. The van der Waals surface area contributed by atoms with Crippen LogP contribution in [-0.4, -0.2) is 30.0 Å². The van der Waals surface area contributed by atoms with Gasteiger partial charge in [0.05, 0.1) is 18.9 Å². The van der Waals surface area contributed by atoms with Crippen molar-refractivity contribution >= 4 is 34.0 Å². The molecule has 4 aromatic rings. The summed E-state index contributed by atoms with van der Waals surface area (Å²) in [5.41, 5.74) is 3.35. The first-order valence-corrected chi connectivity index (χ1v) is 15.1. The predicted molar refractivity (Wildman–Crippen MR) is 166 cm³/mol. The molecule has 0 fully saturated rings. The van der Waals surface area contributed by atoms with E-state index in [0.717, 1.165) is 49.8 Å². The summed E-state index contributed by atoms with van der Waals surface area (Å²) in [7, 11) is 0. The Morgan fingerprint density at radius 3 is 1.85 bits per heavy atom. The van der Waals surface area contributed by atoms with Crippen molar-refractivity contribution in [2.45, 2.75) is 52.4 Å². The number of nitrogens with zero attached hydrogens (tertiary/aromatic N) is 1. The molecule has 0 aliphatic rings. The van der Waals surface area contributed by atoms with Gasteiger partial charge in [-0.25, -0.2) is 4.98 Å². The summed E-state index contributed by atoms with van der Waals surface area (Å²) in [6.07, 6.45) is 6.49. The first-order valence-electron chi connectivity index (χ1n) is 14.2. The lowest BCUT2D eigenvalue weighted by Gasteiger charge is -2.09. The lowest BCUT2D eigenvalue weighted by Crippen LogP contribution is -2.12. The van der Waals surface area contributed by atoms with Crippen LogP contribution in [0, 0.1) is 0 Å². The van der Waals surface area contributed by atoms with Gasteiger partial charge >= 0.3 is 0 Å². The van der Waals surface area contributed by atoms with Gasteiger partial charge in [-0.3, -0.25) is 14.9 Å². The summed E-state index contributed by atoms with van der Waals surface area (Å²) < 4.78 is 11.5. The summed E-state index contributed by atoms with van der Waals surface area (Å²) in [5.74, 6) is 0.937. The fourth-order valence-corrected chi connectivity index (χ4v) is 4.81. The number of aromatic nitrogens is 1. The summed E-state index contributed by atoms with van der Waals surface area (Å²) >= 11 is 1.36. The van der Waals surface area contributed by atoms with Crippen molar-refractivity contribution in [3.63, 3.8) is 0 Å². The molecule has 7 nitrogen and oxygen atoms in total. The highest BCUT2D eigenvalue weighted by Gasteiger charge is 2.12. The molecule has 0 atom stereocenters. The molecule has 0 saturated carbocycles. The molecule has 0 unspecified atom stereocenters. The Morgan fingerprint density at radius 2 is 1.29 bits per heavy atom. The second kappa shape index (κ2) is 15.6. The minimum absolute atomic E-state index is 0.203. The smallest absolute Gasteiger partial charge is 0.257 e. The Kier molecular flexibility index (Phi) is 11.3. The van der Waals surface area contributed by atoms with E-state index >= 15 is 0 Å². The zero-order valence-electron chi connectivity index (χ0n) is 23.7. The lowest BCUT2D eigenvalue weighted by molar-refractivity contribution is 0.101. The Balaban J connectivity index is 1.31. The first kappa shape index (κ1) is 29.8. The minimum Gasteiger partial charge on any atom is -0.494 e. The van der Waals surface area contributed by atoms with Crippen LogP contribution in [0.5, 0.6) is 11.5 Å². The van der Waals surface area contributed by atoms with E-state index in [0.29, 0.717) is 46.7 Å². The van der Waals surface area contributed by atoms with Gasteiger partial charge in [-0.1, -0.05) is 63.8 Å². The molecule has 2 N–H and O–H groups in total. The van der Waals surface area contributed by atoms with Crippen molar-refractivity contribution in [3.8, 4) is 22.8 Å². The van der Waals surface area contributed by atoms with E-state index < -0.39 is 0 Å². The van der Waals surface area contributed by atoms with E-state index in [1.54, 1.807) is 24.3 Å². The SMILES string of the molecule is CCCCCOc1cccc(C(=O)Nc2ccc(-c3csc(NC(=O)c4cccc(OCCCCC)c4)n3)cc2)c1. The molecule has 0 spiro atoms. The van der Waals surface area contributed by atoms with Crippen molar-refractivity contribution in [2.24, 2.45) is 0 Å². The molecule has 0 radical (unpaired) electrons. The van der Waals surface area contributed by atoms with Crippen molar-refractivity contribution in [3.05, 3.63) is 89.3 Å². The number of ether oxygens (including phenoxy) is 2. The van der Waals surface area contributed by atoms with Crippen molar-refractivity contribution in [1.82, 2.24) is 4.98 Å². The van der Waals surface area contributed by atoms with Gasteiger partial charge in [0.2, 0.25) is 0 Å². The van der Waals surface area contributed by atoms with Gasteiger partial charge < -0.3 is 14.8 Å². The molecule has 0 bridgehead atoms. The number of anilines is 2.